The molecule has 0 amide bonds. The van der Waals surface area contributed by atoms with E-state index in [0.717, 1.165) is 31.9 Å². The number of benzene rings is 4. The van der Waals surface area contributed by atoms with Crippen LogP contribution in [-0.2, 0) is 16.1 Å². The Balaban J connectivity index is 1.52. The molecule has 5 aromatic rings. The second kappa shape index (κ2) is 15.6. The lowest BCUT2D eigenvalue weighted by Gasteiger charge is -2.28. The van der Waals surface area contributed by atoms with Crippen LogP contribution in [0.3, 0.4) is 0 Å². The minimum absolute atomic E-state index is 0.179. The molecule has 0 saturated heterocycles. The van der Waals surface area contributed by atoms with E-state index in [1.54, 1.807) is 43.9 Å². The minimum atomic E-state index is -0.833. The van der Waals surface area contributed by atoms with E-state index in [1.807, 2.05) is 61.5 Å². The molecule has 1 atom stereocenters. The van der Waals surface area contributed by atoms with Crippen LogP contribution in [0, 0.1) is 3.57 Å². The molecule has 50 heavy (non-hydrogen) atoms. The number of hydrogen-bond acceptors (Lipinski definition) is 8. The maximum atomic E-state index is 14.5. The summed E-state index contributed by atoms with van der Waals surface area (Å²) in [6.07, 6.45) is 3.08. The zero-order valence-electron chi connectivity index (χ0n) is 27.7. The fourth-order valence-electron chi connectivity index (χ4n) is 6.03. The fourth-order valence-corrected chi connectivity index (χ4v) is 8.30. The van der Waals surface area contributed by atoms with Crippen LogP contribution in [0.4, 0.5) is 0 Å². The highest BCUT2D eigenvalue weighted by atomic mass is 127. The third kappa shape index (κ3) is 7.03. The predicted molar refractivity (Wildman–Crippen MR) is 207 cm³/mol. The summed E-state index contributed by atoms with van der Waals surface area (Å²) in [5.41, 5.74) is 2.84. The van der Waals surface area contributed by atoms with Gasteiger partial charge in [-0.25, -0.2) is 9.79 Å². The third-order valence-corrected chi connectivity index (χ3v) is 10.6. The molecule has 258 valence electrons. The van der Waals surface area contributed by atoms with Gasteiger partial charge in [0.2, 0.25) is 0 Å². The number of halogens is 3. The number of carbonyl (C=O) groups is 1. The normalized spacial score (nSPS) is 14.4. The molecule has 6 rings (SSSR count). The number of rotatable bonds is 11. The molecule has 0 N–H and O–H groups in total. The third-order valence-electron chi connectivity index (χ3n) is 8.25. The first-order valence-corrected chi connectivity index (χ1v) is 18.6. The van der Waals surface area contributed by atoms with E-state index < -0.39 is 12.0 Å². The number of nitrogens with zero attached hydrogens (tertiary/aromatic N) is 2. The van der Waals surface area contributed by atoms with Crippen LogP contribution in [0.2, 0.25) is 10.0 Å². The van der Waals surface area contributed by atoms with Crippen molar-refractivity contribution < 1.29 is 23.7 Å². The summed E-state index contributed by atoms with van der Waals surface area (Å²) in [4.78, 5) is 33.7. The molecule has 8 nitrogen and oxygen atoms in total. The highest BCUT2D eigenvalue weighted by Gasteiger charge is 2.37. The van der Waals surface area contributed by atoms with Crippen LogP contribution in [0.15, 0.2) is 87.8 Å². The van der Waals surface area contributed by atoms with Crippen LogP contribution in [-0.4, -0.2) is 31.4 Å². The van der Waals surface area contributed by atoms with Crippen LogP contribution < -0.4 is 29.1 Å². The summed E-state index contributed by atoms with van der Waals surface area (Å²) in [5, 5.41) is 2.86. The maximum Gasteiger partial charge on any atom is 0.338 e. The average molecular weight is 844 g/mol. The summed E-state index contributed by atoms with van der Waals surface area (Å²) in [7, 11) is 3.15. The van der Waals surface area contributed by atoms with Crippen molar-refractivity contribution in [3.8, 4) is 17.2 Å². The Bertz CT molecular complexity index is 2330. The number of ether oxygens (including phenoxy) is 4. The fraction of sp³-hybridized carbons (Fsp3) is 0.237. The van der Waals surface area contributed by atoms with Crippen LogP contribution >= 0.6 is 57.1 Å². The van der Waals surface area contributed by atoms with Crippen LogP contribution in [0.25, 0.3) is 16.8 Å². The molecule has 0 radical (unpaired) electrons. The van der Waals surface area contributed by atoms with Crippen LogP contribution in [0.5, 0.6) is 17.2 Å². The van der Waals surface area contributed by atoms with E-state index in [2.05, 4.69) is 22.6 Å². The molecule has 1 aliphatic heterocycles. The van der Waals surface area contributed by atoms with Crippen molar-refractivity contribution in [1.82, 2.24) is 4.57 Å². The Hall–Kier alpha value is -3.84. The Morgan fingerprint density at radius 3 is 2.52 bits per heavy atom. The number of aromatic nitrogens is 1. The Morgan fingerprint density at radius 1 is 1.02 bits per heavy atom. The molecule has 12 heteroatoms. The minimum Gasteiger partial charge on any atom is -0.496 e. The van der Waals surface area contributed by atoms with Crippen molar-refractivity contribution in [2.45, 2.75) is 39.3 Å². The molecular weight excluding hydrogens is 810 g/mol. The highest BCUT2D eigenvalue weighted by molar-refractivity contribution is 14.1. The molecule has 0 aliphatic carbocycles. The SMILES string of the molecule is CCCC1=C(C(=O)OCC)[C@H](c2c(OC)ccc3ccccc23)n2c(s/c(=C\c3cc(I)c(OCc4ccc(Cl)cc4Cl)c(OC)c3)c2=O)=N1. The Morgan fingerprint density at radius 2 is 1.80 bits per heavy atom. The van der Waals surface area contributed by atoms with Gasteiger partial charge in [-0.15, -0.1) is 0 Å². The van der Waals surface area contributed by atoms with E-state index in [0.29, 0.717) is 59.9 Å². The van der Waals surface area contributed by atoms with E-state index in [-0.39, 0.29) is 18.8 Å². The average Bonchev–Trinajstić information content (AvgIpc) is 3.41. The van der Waals surface area contributed by atoms with Gasteiger partial charge in [0.05, 0.1) is 40.2 Å². The smallest absolute Gasteiger partial charge is 0.338 e. The second-order valence-corrected chi connectivity index (χ2v) is 14.4. The first kappa shape index (κ1) is 36.0. The maximum absolute atomic E-state index is 14.5. The van der Waals surface area contributed by atoms with Crippen molar-refractivity contribution in [1.29, 1.82) is 0 Å². The van der Waals surface area contributed by atoms with Crippen molar-refractivity contribution in [3.63, 3.8) is 0 Å². The summed E-state index contributed by atoms with van der Waals surface area (Å²) in [5.74, 6) is 1.08. The quantitative estimate of drug-likeness (QED) is 0.0984. The van der Waals surface area contributed by atoms with Gasteiger partial charge in [0.1, 0.15) is 18.4 Å². The Labute approximate surface area is 316 Å². The molecular formula is C38H33Cl2IN2O6S. The number of carbonyl (C=O) groups excluding carboxylic acids is 1. The summed E-state index contributed by atoms with van der Waals surface area (Å²) < 4.78 is 26.2. The number of hydrogen-bond donors (Lipinski definition) is 0. The molecule has 0 unspecified atom stereocenters. The lowest BCUT2D eigenvalue weighted by atomic mass is 9.90. The molecule has 0 spiro atoms. The molecule has 2 heterocycles. The van der Waals surface area contributed by atoms with E-state index >= 15 is 0 Å². The zero-order chi connectivity index (χ0) is 35.5. The first-order chi connectivity index (χ1) is 24.2. The summed E-state index contributed by atoms with van der Waals surface area (Å²) in [6, 6.07) is 19.8. The highest BCUT2D eigenvalue weighted by Crippen LogP contribution is 2.41. The van der Waals surface area contributed by atoms with Crippen molar-refractivity contribution in [2.75, 3.05) is 20.8 Å². The van der Waals surface area contributed by atoms with Gasteiger partial charge in [0.15, 0.2) is 16.3 Å². The van der Waals surface area contributed by atoms with Crippen molar-refractivity contribution >= 4 is 79.9 Å². The summed E-state index contributed by atoms with van der Waals surface area (Å²) in [6.45, 7) is 4.18. The van der Waals surface area contributed by atoms with Crippen molar-refractivity contribution in [2.24, 2.45) is 4.99 Å². The van der Waals surface area contributed by atoms with E-state index in [4.69, 9.17) is 47.1 Å². The topological polar surface area (TPSA) is 88.4 Å². The molecule has 1 aliphatic rings. The van der Waals surface area contributed by atoms with E-state index in [1.165, 1.54) is 11.3 Å². The standard InChI is InChI=1S/C38H33Cl2IN2O6S/c1-5-9-28-33(37(45)48-6-2)34(32-25-11-8-7-10-22(25)13-15-29(32)46-3)43-36(44)31(50-38(43)42-28)18-21-16-27(41)35(30(17-21)47-4)49-20-23-12-14-24(39)19-26(23)40/h7-8,10-19,34H,5-6,9,20H2,1-4H3/b31-18-/t34-/m0/s1. The molecule has 1 aromatic heterocycles. The lowest BCUT2D eigenvalue weighted by molar-refractivity contribution is -0.139. The van der Waals surface area contributed by atoms with Gasteiger partial charge in [-0.3, -0.25) is 9.36 Å². The molecule has 4 aromatic carbocycles. The largest absolute Gasteiger partial charge is 0.496 e. The van der Waals surface area contributed by atoms with Gasteiger partial charge in [0, 0.05) is 21.2 Å². The van der Waals surface area contributed by atoms with Gasteiger partial charge in [0.25, 0.3) is 5.56 Å². The lowest BCUT2D eigenvalue weighted by Crippen LogP contribution is -2.40. The Kier molecular flexibility index (Phi) is 11.2. The van der Waals surface area contributed by atoms with Gasteiger partial charge in [-0.05, 0) is 88.7 Å². The number of fused-ring (bicyclic) bond motifs is 2. The summed E-state index contributed by atoms with van der Waals surface area (Å²) >= 11 is 15.9. The van der Waals surface area contributed by atoms with E-state index in [9.17, 15) is 9.59 Å². The number of thiazole rings is 1. The monoisotopic (exact) mass is 842 g/mol. The van der Waals surface area contributed by atoms with Crippen LogP contribution in [0.1, 0.15) is 49.4 Å². The molecule has 0 bridgehead atoms. The van der Waals surface area contributed by atoms with Gasteiger partial charge in [-0.2, -0.15) is 0 Å². The number of methoxy groups -OCH3 is 2. The zero-order valence-corrected chi connectivity index (χ0v) is 32.2. The molecule has 0 fully saturated rings. The first-order valence-electron chi connectivity index (χ1n) is 15.9. The molecule has 0 saturated carbocycles. The predicted octanol–water partition coefficient (Wildman–Crippen LogP) is 8.24. The van der Waals surface area contributed by atoms with Gasteiger partial charge < -0.3 is 18.9 Å². The van der Waals surface area contributed by atoms with Crippen molar-refractivity contribution in [3.05, 3.63) is 128 Å². The number of esters is 1. The second-order valence-electron chi connectivity index (χ2n) is 11.4. The van der Waals surface area contributed by atoms with Gasteiger partial charge >= 0.3 is 5.97 Å². The number of allylic oxidation sites excluding steroid dienone is 1. The van der Waals surface area contributed by atoms with Gasteiger partial charge in [-0.1, -0.05) is 84.3 Å².